The van der Waals surface area contributed by atoms with E-state index in [0.717, 1.165) is 36.1 Å². The van der Waals surface area contributed by atoms with Crippen molar-refractivity contribution in [2.75, 3.05) is 18.0 Å². The minimum Gasteiger partial charge on any atom is -0.352 e. The van der Waals surface area contributed by atoms with Crippen molar-refractivity contribution in [3.8, 4) is 11.1 Å². The summed E-state index contributed by atoms with van der Waals surface area (Å²) in [6, 6.07) is 18.4. The van der Waals surface area contributed by atoms with Crippen LogP contribution in [0.2, 0.25) is 0 Å². The molecule has 1 fully saturated rings. The van der Waals surface area contributed by atoms with E-state index >= 15 is 0 Å². The summed E-state index contributed by atoms with van der Waals surface area (Å²) >= 11 is 0. The lowest BCUT2D eigenvalue weighted by Crippen LogP contribution is -2.43. The van der Waals surface area contributed by atoms with Crippen LogP contribution in [0.4, 0.5) is 5.95 Å². The molecule has 29 heavy (non-hydrogen) atoms. The molecule has 0 radical (unpaired) electrons. The Balaban J connectivity index is 1.36. The van der Waals surface area contributed by atoms with Crippen LogP contribution in [0, 0.1) is 12.8 Å². The van der Waals surface area contributed by atoms with E-state index in [2.05, 4.69) is 51.4 Å². The van der Waals surface area contributed by atoms with Gasteiger partial charge in [-0.05, 0) is 30.9 Å². The number of piperidine rings is 1. The highest BCUT2D eigenvalue weighted by Gasteiger charge is 2.27. The van der Waals surface area contributed by atoms with Crippen LogP contribution < -0.4 is 10.2 Å². The third kappa shape index (κ3) is 4.80. The quantitative estimate of drug-likeness (QED) is 0.720. The topological polar surface area (TPSA) is 58.1 Å². The van der Waals surface area contributed by atoms with Crippen molar-refractivity contribution in [3.63, 3.8) is 0 Å². The Hall–Kier alpha value is -3.21. The summed E-state index contributed by atoms with van der Waals surface area (Å²) in [4.78, 5) is 23.9. The van der Waals surface area contributed by atoms with Gasteiger partial charge in [0.1, 0.15) is 0 Å². The van der Waals surface area contributed by atoms with Crippen molar-refractivity contribution < 1.29 is 4.79 Å². The Bertz CT molecular complexity index is 939. The van der Waals surface area contributed by atoms with Gasteiger partial charge in [-0.25, -0.2) is 9.97 Å². The first-order valence-corrected chi connectivity index (χ1v) is 10.1. The zero-order valence-electron chi connectivity index (χ0n) is 16.7. The van der Waals surface area contributed by atoms with Crippen molar-refractivity contribution in [2.24, 2.45) is 5.92 Å². The van der Waals surface area contributed by atoms with Gasteiger partial charge in [-0.2, -0.15) is 0 Å². The molecule has 2 aromatic carbocycles. The van der Waals surface area contributed by atoms with Gasteiger partial charge in [0.25, 0.3) is 0 Å². The molecule has 1 saturated heterocycles. The minimum atomic E-state index is -0.0356. The van der Waals surface area contributed by atoms with Crippen molar-refractivity contribution >= 4 is 11.9 Å². The summed E-state index contributed by atoms with van der Waals surface area (Å²) in [5.74, 6) is 0.767. The average molecular weight is 386 g/mol. The molecule has 0 saturated carbocycles. The lowest BCUT2D eigenvalue weighted by Gasteiger charge is -2.32. The van der Waals surface area contributed by atoms with Crippen molar-refractivity contribution in [2.45, 2.75) is 26.3 Å². The molecule has 1 atom stereocenters. The summed E-state index contributed by atoms with van der Waals surface area (Å²) < 4.78 is 0. The van der Waals surface area contributed by atoms with E-state index in [9.17, 15) is 4.79 Å². The molecule has 1 aliphatic heterocycles. The van der Waals surface area contributed by atoms with Gasteiger partial charge in [0, 0.05) is 37.6 Å². The van der Waals surface area contributed by atoms with E-state index < -0.39 is 0 Å². The Labute approximate surface area is 171 Å². The van der Waals surface area contributed by atoms with Crippen LogP contribution in [0.15, 0.2) is 67.0 Å². The highest BCUT2D eigenvalue weighted by Crippen LogP contribution is 2.23. The molecule has 1 amide bonds. The summed E-state index contributed by atoms with van der Waals surface area (Å²) in [6.07, 6.45) is 5.59. The largest absolute Gasteiger partial charge is 0.352 e. The maximum atomic E-state index is 12.7. The second kappa shape index (κ2) is 8.86. The smallest absolute Gasteiger partial charge is 0.225 e. The number of hydrogen-bond acceptors (Lipinski definition) is 4. The molecule has 1 aromatic heterocycles. The van der Waals surface area contributed by atoms with Crippen LogP contribution in [0.3, 0.4) is 0 Å². The SMILES string of the molecule is Cc1ccc(CNC(=O)[C@@H]2CCCN(c3ncc(-c4ccccc4)cn3)C2)cc1. The highest BCUT2D eigenvalue weighted by atomic mass is 16.1. The van der Waals surface area contributed by atoms with Gasteiger partial charge in [0.2, 0.25) is 11.9 Å². The molecule has 4 rings (SSSR count). The van der Waals surface area contributed by atoms with Crippen LogP contribution in [-0.2, 0) is 11.3 Å². The van der Waals surface area contributed by atoms with Crippen LogP contribution >= 0.6 is 0 Å². The molecule has 148 valence electrons. The fraction of sp³-hybridized carbons (Fsp3) is 0.292. The Morgan fingerprint density at radius 3 is 2.48 bits per heavy atom. The molecule has 3 aromatic rings. The molecular weight excluding hydrogens is 360 g/mol. The lowest BCUT2D eigenvalue weighted by atomic mass is 9.97. The molecule has 1 aliphatic rings. The fourth-order valence-corrected chi connectivity index (χ4v) is 3.68. The molecule has 0 spiro atoms. The number of benzene rings is 2. The zero-order valence-corrected chi connectivity index (χ0v) is 16.7. The predicted octanol–water partition coefficient (Wildman–Crippen LogP) is 3.98. The van der Waals surface area contributed by atoms with Crippen LogP contribution in [0.1, 0.15) is 24.0 Å². The Kier molecular flexibility index (Phi) is 5.84. The number of amides is 1. The maximum absolute atomic E-state index is 12.7. The number of nitrogens with one attached hydrogen (secondary N) is 1. The van der Waals surface area contributed by atoms with Crippen molar-refractivity contribution in [1.82, 2.24) is 15.3 Å². The zero-order chi connectivity index (χ0) is 20.1. The average Bonchev–Trinajstić information content (AvgIpc) is 2.79. The van der Waals surface area contributed by atoms with Crippen molar-refractivity contribution in [3.05, 3.63) is 78.1 Å². The minimum absolute atomic E-state index is 0.0356. The third-order valence-corrected chi connectivity index (χ3v) is 5.41. The summed E-state index contributed by atoms with van der Waals surface area (Å²) in [7, 11) is 0. The van der Waals surface area contributed by atoms with E-state index in [1.165, 1.54) is 5.56 Å². The summed E-state index contributed by atoms with van der Waals surface area (Å²) in [6.45, 7) is 4.17. The molecule has 0 bridgehead atoms. The maximum Gasteiger partial charge on any atom is 0.225 e. The molecule has 2 heterocycles. The van der Waals surface area contributed by atoms with E-state index in [-0.39, 0.29) is 11.8 Å². The number of nitrogens with zero attached hydrogens (tertiary/aromatic N) is 3. The van der Waals surface area contributed by atoms with Crippen LogP contribution in [0.25, 0.3) is 11.1 Å². The van der Waals surface area contributed by atoms with E-state index in [1.54, 1.807) is 0 Å². The predicted molar refractivity (Wildman–Crippen MR) is 115 cm³/mol. The first kappa shape index (κ1) is 19.1. The molecule has 5 heteroatoms. The third-order valence-electron chi connectivity index (χ3n) is 5.41. The molecule has 1 N–H and O–H groups in total. The van der Waals surface area contributed by atoms with Gasteiger partial charge >= 0.3 is 0 Å². The fourth-order valence-electron chi connectivity index (χ4n) is 3.68. The number of anilines is 1. The van der Waals surface area contributed by atoms with E-state index in [4.69, 9.17) is 0 Å². The first-order chi connectivity index (χ1) is 14.2. The van der Waals surface area contributed by atoms with Crippen molar-refractivity contribution in [1.29, 1.82) is 0 Å². The Morgan fingerprint density at radius 1 is 1.03 bits per heavy atom. The summed E-state index contributed by atoms with van der Waals surface area (Å²) in [5.41, 5.74) is 4.45. The number of aromatic nitrogens is 2. The van der Waals surface area contributed by atoms with Crippen LogP contribution in [0.5, 0.6) is 0 Å². The second-order valence-electron chi connectivity index (χ2n) is 7.63. The number of carbonyl (C=O) groups is 1. The highest BCUT2D eigenvalue weighted by molar-refractivity contribution is 5.79. The Morgan fingerprint density at radius 2 is 1.76 bits per heavy atom. The van der Waals surface area contributed by atoms with Gasteiger partial charge in [-0.15, -0.1) is 0 Å². The molecule has 0 aliphatic carbocycles. The molecule has 5 nitrogen and oxygen atoms in total. The van der Waals surface area contributed by atoms with Gasteiger partial charge in [0.05, 0.1) is 5.92 Å². The molecular formula is C24H26N4O. The number of aryl methyl sites for hydroxylation is 1. The number of rotatable bonds is 5. The van der Waals surface area contributed by atoms with Gasteiger partial charge in [0.15, 0.2) is 0 Å². The second-order valence-corrected chi connectivity index (χ2v) is 7.63. The number of hydrogen-bond donors (Lipinski definition) is 1. The summed E-state index contributed by atoms with van der Waals surface area (Å²) in [5, 5.41) is 3.08. The van der Waals surface area contributed by atoms with E-state index in [0.29, 0.717) is 19.0 Å². The first-order valence-electron chi connectivity index (χ1n) is 10.1. The lowest BCUT2D eigenvalue weighted by molar-refractivity contribution is -0.125. The van der Waals surface area contributed by atoms with Gasteiger partial charge in [-0.1, -0.05) is 60.2 Å². The van der Waals surface area contributed by atoms with Crippen LogP contribution in [-0.4, -0.2) is 29.0 Å². The standard InChI is InChI=1S/C24H26N4O/c1-18-9-11-19(12-10-18)14-25-23(29)21-8-5-13-28(17-21)24-26-15-22(16-27-24)20-6-3-2-4-7-20/h2-4,6-7,9-12,15-16,21H,5,8,13-14,17H2,1H3,(H,25,29)/t21-/m1/s1. The van der Waals surface area contributed by atoms with Gasteiger partial charge in [-0.3, -0.25) is 4.79 Å². The number of carbonyl (C=O) groups excluding carboxylic acids is 1. The molecule has 0 unspecified atom stereocenters. The van der Waals surface area contributed by atoms with E-state index in [1.807, 2.05) is 42.7 Å². The monoisotopic (exact) mass is 386 g/mol. The van der Waals surface area contributed by atoms with Gasteiger partial charge < -0.3 is 10.2 Å². The normalized spacial score (nSPS) is 16.4.